The number of carboxylic acid groups (broad SMARTS) is 1. The Morgan fingerprint density at radius 2 is 2.60 bits per heavy atom. The molecule has 1 aromatic rings. The summed E-state index contributed by atoms with van der Waals surface area (Å²) >= 11 is 1.30. The molecule has 0 aliphatic heterocycles. The van der Waals surface area contributed by atoms with Gasteiger partial charge in [-0.3, -0.25) is 4.79 Å². The molecule has 2 N–H and O–H groups in total. The molecule has 1 heterocycles. The molecule has 0 spiro atoms. The third-order valence-corrected chi connectivity index (χ3v) is 1.91. The van der Waals surface area contributed by atoms with Crippen molar-refractivity contribution in [3.8, 4) is 0 Å². The molecule has 54 valence electrons. The highest BCUT2D eigenvalue weighted by molar-refractivity contribution is 8.00. The summed E-state index contributed by atoms with van der Waals surface area (Å²) in [5.41, 5.74) is 0. The molecule has 0 saturated heterocycles. The Labute approximate surface area is 62.4 Å². The van der Waals surface area contributed by atoms with Gasteiger partial charge in [0.1, 0.15) is 0 Å². The number of hydrogen-bond acceptors (Lipinski definition) is 2. The minimum absolute atomic E-state index is 0.123. The standard InChI is InChI=1S/C6H7NO2S/c8-6(9)4-10-5-1-2-7-3-5/h1-3,7H,4H2,(H,8,9). The fourth-order valence-corrected chi connectivity index (χ4v) is 1.15. The van der Waals surface area contributed by atoms with Crippen molar-refractivity contribution in [2.75, 3.05) is 5.75 Å². The molecule has 3 nitrogen and oxygen atoms in total. The van der Waals surface area contributed by atoms with Gasteiger partial charge in [0.2, 0.25) is 0 Å². The molecule has 0 unspecified atom stereocenters. The number of aromatic amines is 1. The summed E-state index contributed by atoms with van der Waals surface area (Å²) in [6.07, 6.45) is 3.54. The number of aliphatic carboxylic acids is 1. The molecule has 1 rings (SSSR count). The Kier molecular flexibility index (Phi) is 2.39. The first-order chi connectivity index (χ1) is 4.79. The molecule has 0 saturated carbocycles. The van der Waals surface area contributed by atoms with Crippen LogP contribution in [-0.4, -0.2) is 21.8 Å². The Morgan fingerprint density at radius 1 is 1.80 bits per heavy atom. The van der Waals surface area contributed by atoms with Gasteiger partial charge in [0.15, 0.2) is 0 Å². The molecular formula is C6H7NO2S. The van der Waals surface area contributed by atoms with Gasteiger partial charge < -0.3 is 10.1 Å². The van der Waals surface area contributed by atoms with Gasteiger partial charge in [-0.15, -0.1) is 11.8 Å². The lowest BCUT2D eigenvalue weighted by Gasteiger charge is -1.89. The molecular weight excluding hydrogens is 150 g/mol. The second-order valence-corrected chi connectivity index (χ2v) is 2.78. The Balaban J connectivity index is 2.35. The molecule has 0 fully saturated rings. The zero-order chi connectivity index (χ0) is 7.40. The fraction of sp³-hybridized carbons (Fsp3) is 0.167. The monoisotopic (exact) mass is 157 g/mol. The van der Waals surface area contributed by atoms with Gasteiger partial charge >= 0.3 is 5.97 Å². The zero-order valence-corrected chi connectivity index (χ0v) is 6.02. The lowest BCUT2D eigenvalue weighted by molar-refractivity contribution is -0.133. The molecule has 0 atom stereocenters. The summed E-state index contributed by atoms with van der Waals surface area (Å²) in [5.74, 6) is -0.663. The maximum atomic E-state index is 10.1. The van der Waals surface area contributed by atoms with Crippen molar-refractivity contribution in [3.63, 3.8) is 0 Å². The van der Waals surface area contributed by atoms with Crippen molar-refractivity contribution in [3.05, 3.63) is 18.5 Å². The molecule has 0 amide bonds. The molecule has 4 heteroatoms. The van der Waals surface area contributed by atoms with Crippen molar-refractivity contribution in [1.29, 1.82) is 0 Å². The summed E-state index contributed by atoms with van der Waals surface area (Å²) < 4.78 is 0. The van der Waals surface area contributed by atoms with E-state index in [1.54, 1.807) is 12.4 Å². The van der Waals surface area contributed by atoms with E-state index in [0.29, 0.717) is 0 Å². The van der Waals surface area contributed by atoms with E-state index in [4.69, 9.17) is 5.11 Å². The van der Waals surface area contributed by atoms with Gasteiger partial charge in [0.25, 0.3) is 0 Å². The van der Waals surface area contributed by atoms with E-state index in [1.807, 2.05) is 6.07 Å². The van der Waals surface area contributed by atoms with Crippen LogP contribution in [0.25, 0.3) is 0 Å². The average molecular weight is 157 g/mol. The SMILES string of the molecule is O=C(O)CSc1cc[nH]c1. The van der Waals surface area contributed by atoms with Crippen molar-refractivity contribution >= 4 is 17.7 Å². The number of hydrogen-bond donors (Lipinski definition) is 2. The first-order valence-electron chi connectivity index (χ1n) is 2.76. The summed E-state index contributed by atoms with van der Waals surface area (Å²) in [6.45, 7) is 0. The third-order valence-electron chi connectivity index (χ3n) is 0.932. The minimum Gasteiger partial charge on any atom is -0.481 e. The lowest BCUT2D eigenvalue weighted by Crippen LogP contribution is -1.96. The Bertz CT molecular complexity index is 208. The van der Waals surface area contributed by atoms with E-state index in [2.05, 4.69) is 4.98 Å². The van der Waals surface area contributed by atoms with Gasteiger partial charge in [-0.1, -0.05) is 0 Å². The van der Waals surface area contributed by atoms with E-state index in [1.165, 1.54) is 11.8 Å². The van der Waals surface area contributed by atoms with Crippen LogP contribution in [0.4, 0.5) is 0 Å². The first kappa shape index (κ1) is 7.21. The van der Waals surface area contributed by atoms with Gasteiger partial charge in [0, 0.05) is 17.3 Å². The third kappa shape index (κ3) is 2.14. The van der Waals surface area contributed by atoms with Gasteiger partial charge in [0.05, 0.1) is 5.75 Å². The van der Waals surface area contributed by atoms with Crippen LogP contribution in [0.3, 0.4) is 0 Å². The topological polar surface area (TPSA) is 53.1 Å². The maximum Gasteiger partial charge on any atom is 0.313 e. The Morgan fingerprint density at radius 3 is 3.10 bits per heavy atom. The van der Waals surface area contributed by atoms with Crippen LogP contribution in [0.15, 0.2) is 23.4 Å². The van der Waals surface area contributed by atoms with Crippen LogP contribution < -0.4 is 0 Å². The predicted octanol–water partition coefficient (Wildman–Crippen LogP) is 1.19. The summed E-state index contributed by atoms with van der Waals surface area (Å²) in [7, 11) is 0. The van der Waals surface area contributed by atoms with E-state index in [9.17, 15) is 4.79 Å². The number of rotatable bonds is 3. The molecule has 0 bridgehead atoms. The molecule has 0 aliphatic carbocycles. The van der Waals surface area contributed by atoms with Crippen LogP contribution in [0, 0.1) is 0 Å². The second kappa shape index (κ2) is 3.31. The van der Waals surface area contributed by atoms with Crippen molar-refractivity contribution in [2.24, 2.45) is 0 Å². The normalized spacial score (nSPS) is 9.60. The summed E-state index contributed by atoms with van der Waals surface area (Å²) in [5, 5.41) is 8.28. The highest BCUT2D eigenvalue weighted by Crippen LogP contribution is 2.15. The summed E-state index contributed by atoms with van der Waals surface area (Å²) in [6, 6.07) is 1.84. The quantitative estimate of drug-likeness (QED) is 0.648. The van der Waals surface area contributed by atoms with Crippen molar-refractivity contribution in [1.82, 2.24) is 4.98 Å². The molecule has 0 radical (unpaired) electrons. The first-order valence-corrected chi connectivity index (χ1v) is 3.75. The smallest absolute Gasteiger partial charge is 0.313 e. The zero-order valence-electron chi connectivity index (χ0n) is 5.20. The van der Waals surface area contributed by atoms with Crippen LogP contribution in [0.2, 0.25) is 0 Å². The number of aromatic nitrogens is 1. The van der Waals surface area contributed by atoms with Gasteiger partial charge in [-0.25, -0.2) is 0 Å². The number of carbonyl (C=O) groups is 1. The molecule has 0 aliphatic rings. The number of carboxylic acids is 1. The van der Waals surface area contributed by atoms with Gasteiger partial charge in [-0.2, -0.15) is 0 Å². The minimum atomic E-state index is -0.786. The maximum absolute atomic E-state index is 10.1. The van der Waals surface area contributed by atoms with Crippen molar-refractivity contribution in [2.45, 2.75) is 4.90 Å². The van der Waals surface area contributed by atoms with Crippen LogP contribution >= 0.6 is 11.8 Å². The number of thioether (sulfide) groups is 1. The van der Waals surface area contributed by atoms with Gasteiger partial charge in [-0.05, 0) is 6.07 Å². The fourth-order valence-electron chi connectivity index (χ4n) is 0.543. The van der Waals surface area contributed by atoms with Crippen LogP contribution in [0.1, 0.15) is 0 Å². The van der Waals surface area contributed by atoms with E-state index in [-0.39, 0.29) is 5.75 Å². The average Bonchev–Trinajstić information content (AvgIpc) is 2.34. The van der Waals surface area contributed by atoms with E-state index >= 15 is 0 Å². The lowest BCUT2D eigenvalue weighted by atomic mass is 10.7. The van der Waals surface area contributed by atoms with E-state index < -0.39 is 5.97 Å². The Hall–Kier alpha value is -0.900. The van der Waals surface area contributed by atoms with Crippen LogP contribution in [0.5, 0.6) is 0 Å². The van der Waals surface area contributed by atoms with Crippen molar-refractivity contribution < 1.29 is 9.90 Å². The molecule has 1 aromatic heterocycles. The number of H-pyrrole nitrogens is 1. The number of nitrogens with one attached hydrogen (secondary N) is 1. The largest absolute Gasteiger partial charge is 0.481 e. The highest BCUT2D eigenvalue weighted by atomic mass is 32.2. The second-order valence-electron chi connectivity index (χ2n) is 1.73. The van der Waals surface area contributed by atoms with Crippen LogP contribution in [-0.2, 0) is 4.79 Å². The molecule has 10 heavy (non-hydrogen) atoms. The molecule has 0 aromatic carbocycles. The van der Waals surface area contributed by atoms with E-state index in [0.717, 1.165) is 4.90 Å². The predicted molar refractivity (Wildman–Crippen MR) is 39.2 cm³/mol. The highest BCUT2D eigenvalue weighted by Gasteiger charge is 1.97. The summed E-state index contributed by atoms with van der Waals surface area (Å²) in [4.78, 5) is 13.9.